The van der Waals surface area contributed by atoms with Gasteiger partial charge in [-0.2, -0.15) is 4.39 Å². The van der Waals surface area contributed by atoms with Crippen molar-refractivity contribution < 1.29 is 27.0 Å². The lowest BCUT2D eigenvalue weighted by Gasteiger charge is -2.44. The molecule has 1 saturated carbocycles. The SMILES string of the molecule is CCOc1ccc(CCC2CCC(C3(OCC)C=CC=C(F)C3F)CC2)c(F)c1F. The number of benzene rings is 1. The van der Waals surface area contributed by atoms with Crippen LogP contribution in [0, 0.1) is 23.5 Å². The Morgan fingerprint density at radius 2 is 1.73 bits per heavy atom. The van der Waals surface area contributed by atoms with E-state index in [2.05, 4.69) is 0 Å². The van der Waals surface area contributed by atoms with E-state index in [1.54, 1.807) is 26.0 Å². The predicted molar refractivity (Wildman–Crippen MR) is 109 cm³/mol. The zero-order chi connectivity index (χ0) is 21.7. The zero-order valence-corrected chi connectivity index (χ0v) is 17.6. The third-order valence-corrected chi connectivity index (χ3v) is 6.38. The van der Waals surface area contributed by atoms with Crippen LogP contribution in [0.25, 0.3) is 0 Å². The maximum absolute atomic E-state index is 14.8. The van der Waals surface area contributed by atoms with Gasteiger partial charge >= 0.3 is 0 Å². The van der Waals surface area contributed by atoms with Gasteiger partial charge in [-0.15, -0.1) is 0 Å². The number of rotatable bonds is 8. The van der Waals surface area contributed by atoms with E-state index in [0.717, 1.165) is 25.3 Å². The molecule has 0 radical (unpaired) electrons. The van der Waals surface area contributed by atoms with Crippen LogP contribution in [0.4, 0.5) is 17.6 Å². The summed E-state index contributed by atoms with van der Waals surface area (Å²) in [7, 11) is 0. The first-order chi connectivity index (χ1) is 14.4. The van der Waals surface area contributed by atoms with Gasteiger partial charge in [-0.3, -0.25) is 0 Å². The minimum absolute atomic E-state index is 0.0666. The molecule has 0 spiro atoms. The quantitative estimate of drug-likeness (QED) is 0.434. The highest BCUT2D eigenvalue weighted by molar-refractivity contribution is 5.31. The molecule has 6 heteroatoms. The van der Waals surface area contributed by atoms with E-state index in [1.165, 1.54) is 12.1 Å². The van der Waals surface area contributed by atoms with Crippen molar-refractivity contribution in [2.75, 3.05) is 13.2 Å². The van der Waals surface area contributed by atoms with Gasteiger partial charge in [-0.05, 0) is 75.1 Å². The zero-order valence-electron chi connectivity index (χ0n) is 17.6. The third-order valence-electron chi connectivity index (χ3n) is 6.38. The van der Waals surface area contributed by atoms with E-state index < -0.39 is 29.2 Å². The molecular weight excluding hydrogens is 396 g/mol. The Bertz CT molecular complexity index is 784. The molecule has 166 valence electrons. The van der Waals surface area contributed by atoms with Crippen LogP contribution in [0.5, 0.6) is 5.75 Å². The molecule has 30 heavy (non-hydrogen) atoms. The van der Waals surface area contributed by atoms with E-state index in [-0.39, 0.29) is 18.3 Å². The third kappa shape index (κ3) is 4.58. The summed E-state index contributed by atoms with van der Waals surface area (Å²) in [5.41, 5.74) is -0.904. The second-order valence-corrected chi connectivity index (χ2v) is 8.10. The molecule has 1 aromatic rings. The molecule has 0 aliphatic heterocycles. The average molecular weight is 426 g/mol. The molecule has 2 atom stereocenters. The van der Waals surface area contributed by atoms with Crippen molar-refractivity contribution >= 4 is 0 Å². The van der Waals surface area contributed by atoms with Gasteiger partial charge < -0.3 is 9.47 Å². The number of allylic oxidation sites excluding steroid dienone is 2. The molecule has 1 fully saturated rings. The molecule has 0 heterocycles. The van der Waals surface area contributed by atoms with Gasteiger partial charge in [0.1, 0.15) is 11.4 Å². The number of ether oxygens (including phenoxy) is 2. The summed E-state index contributed by atoms with van der Waals surface area (Å²) in [5.74, 6) is -2.42. The van der Waals surface area contributed by atoms with Crippen molar-refractivity contribution in [3.8, 4) is 5.75 Å². The maximum atomic E-state index is 14.8. The fourth-order valence-corrected chi connectivity index (χ4v) is 4.80. The normalized spacial score (nSPS) is 29.0. The van der Waals surface area contributed by atoms with Gasteiger partial charge in [0.2, 0.25) is 5.82 Å². The number of hydrogen-bond acceptors (Lipinski definition) is 2. The highest BCUT2D eigenvalue weighted by Gasteiger charge is 2.49. The Balaban J connectivity index is 1.59. The molecule has 0 saturated heterocycles. The lowest BCUT2D eigenvalue weighted by Crippen LogP contribution is -2.50. The van der Waals surface area contributed by atoms with Crippen LogP contribution in [0.1, 0.15) is 51.5 Å². The Hall–Kier alpha value is -1.82. The Morgan fingerprint density at radius 3 is 2.40 bits per heavy atom. The van der Waals surface area contributed by atoms with Crippen molar-refractivity contribution in [3.05, 3.63) is 53.4 Å². The lowest BCUT2D eigenvalue weighted by molar-refractivity contribution is -0.102. The standard InChI is InChI=1S/C24H30F4O2/c1-3-29-20-14-11-17(21(26)22(20)27)10-7-16-8-12-18(13-9-16)24(30-4-2)15-5-6-19(25)23(24)28/h5-6,11,14-16,18,23H,3-4,7-10,12-13H2,1-2H3. The first-order valence-corrected chi connectivity index (χ1v) is 10.9. The molecule has 2 unspecified atom stereocenters. The van der Waals surface area contributed by atoms with Gasteiger partial charge in [-0.25, -0.2) is 13.2 Å². The molecule has 3 rings (SSSR count). The lowest BCUT2D eigenvalue weighted by atomic mass is 9.69. The molecule has 1 aromatic carbocycles. The molecule has 0 N–H and O–H groups in total. The molecule has 2 aliphatic rings. The van der Waals surface area contributed by atoms with Crippen molar-refractivity contribution in [3.63, 3.8) is 0 Å². The van der Waals surface area contributed by atoms with Gasteiger partial charge in [0.15, 0.2) is 17.7 Å². The van der Waals surface area contributed by atoms with Crippen molar-refractivity contribution in [2.45, 2.75) is 64.1 Å². The molecule has 0 bridgehead atoms. The highest BCUT2D eigenvalue weighted by Crippen LogP contribution is 2.45. The van der Waals surface area contributed by atoms with Gasteiger partial charge in [0.05, 0.1) is 6.61 Å². The van der Waals surface area contributed by atoms with E-state index in [4.69, 9.17) is 9.47 Å². The second-order valence-electron chi connectivity index (χ2n) is 8.10. The number of alkyl halides is 1. The fraction of sp³-hybridized carbons (Fsp3) is 0.583. The van der Waals surface area contributed by atoms with E-state index in [9.17, 15) is 17.6 Å². The topological polar surface area (TPSA) is 18.5 Å². The molecule has 0 aromatic heterocycles. The molecule has 2 aliphatic carbocycles. The summed E-state index contributed by atoms with van der Waals surface area (Å²) in [5, 5.41) is 0. The fourth-order valence-electron chi connectivity index (χ4n) is 4.80. The van der Waals surface area contributed by atoms with Gasteiger partial charge in [0.25, 0.3) is 0 Å². The molecule has 2 nitrogen and oxygen atoms in total. The van der Waals surface area contributed by atoms with Crippen molar-refractivity contribution in [2.24, 2.45) is 11.8 Å². The van der Waals surface area contributed by atoms with Gasteiger partial charge in [0, 0.05) is 6.61 Å². The van der Waals surface area contributed by atoms with Crippen molar-refractivity contribution in [1.29, 1.82) is 0 Å². The summed E-state index contributed by atoms with van der Waals surface area (Å²) in [4.78, 5) is 0. The first-order valence-electron chi connectivity index (χ1n) is 10.9. The summed E-state index contributed by atoms with van der Waals surface area (Å²) in [6.45, 7) is 4.09. The summed E-state index contributed by atoms with van der Waals surface area (Å²) in [6, 6.07) is 3.05. The van der Waals surface area contributed by atoms with Crippen LogP contribution in [0.2, 0.25) is 0 Å². The van der Waals surface area contributed by atoms with Crippen LogP contribution < -0.4 is 4.74 Å². The summed E-state index contributed by atoms with van der Waals surface area (Å²) >= 11 is 0. The Morgan fingerprint density at radius 1 is 1.00 bits per heavy atom. The van der Waals surface area contributed by atoms with E-state index >= 15 is 0 Å². The minimum atomic E-state index is -1.79. The largest absolute Gasteiger partial charge is 0.491 e. The van der Waals surface area contributed by atoms with Crippen LogP contribution in [-0.2, 0) is 11.2 Å². The van der Waals surface area contributed by atoms with Crippen LogP contribution in [0.3, 0.4) is 0 Å². The minimum Gasteiger partial charge on any atom is -0.491 e. The molecular formula is C24H30F4O2. The van der Waals surface area contributed by atoms with Crippen LogP contribution in [0.15, 0.2) is 36.2 Å². The van der Waals surface area contributed by atoms with Crippen molar-refractivity contribution in [1.82, 2.24) is 0 Å². The number of aryl methyl sites for hydroxylation is 1. The second kappa shape index (κ2) is 9.99. The van der Waals surface area contributed by atoms with Crippen LogP contribution in [-0.4, -0.2) is 25.0 Å². The maximum Gasteiger partial charge on any atom is 0.200 e. The Labute approximate surface area is 175 Å². The predicted octanol–water partition coefficient (Wildman–Crippen LogP) is 6.64. The smallest absolute Gasteiger partial charge is 0.200 e. The first kappa shape index (κ1) is 22.9. The number of hydrogen-bond donors (Lipinski definition) is 0. The van der Waals surface area contributed by atoms with E-state index in [1.807, 2.05) is 0 Å². The average Bonchev–Trinajstić information content (AvgIpc) is 2.75. The highest BCUT2D eigenvalue weighted by atomic mass is 19.2. The number of halogens is 4. The summed E-state index contributed by atoms with van der Waals surface area (Å²) < 4.78 is 68.0. The van der Waals surface area contributed by atoms with Gasteiger partial charge in [-0.1, -0.05) is 25.0 Å². The van der Waals surface area contributed by atoms with Crippen LogP contribution >= 0.6 is 0 Å². The molecule has 0 amide bonds. The van der Waals surface area contributed by atoms with E-state index in [0.29, 0.717) is 37.4 Å². The Kier molecular flexibility index (Phi) is 7.61. The summed E-state index contributed by atoms with van der Waals surface area (Å²) in [6.07, 6.45) is 6.79. The monoisotopic (exact) mass is 426 g/mol.